The zero-order chi connectivity index (χ0) is 25.8. The lowest BCUT2D eigenvalue weighted by Gasteiger charge is -2.32. The lowest BCUT2D eigenvalue weighted by molar-refractivity contribution is -0.107. The second kappa shape index (κ2) is 10.4. The summed E-state index contributed by atoms with van der Waals surface area (Å²) in [6.07, 6.45) is 8.16. The smallest absolute Gasteiger partial charge is 0.213 e. The Morgan fingerprint density at radius 2 is 1.81 bits per heavy atom. The number of imidazole rings is 1. The summed E-state index contributed by atoms with van der Waals surface area (Å²) in [6, 6.07) is 21.9. The summed E-state index contributed by atoms with van der Waals surface area (Å²) in [5.74, 6) is 1.69. The number of aromatic nitrogens is 2. The lowest BCUT2D eigenvalue weighted by atomic mass is 9.85. The number of ketones is 1. The maximum absolute atomic E-state index is 12.8. The first-order chi connectivity index (χ1) is 18.0. The summed E-state index contributed by atoms with van der Waals surface area (Å²) in [5, 5.41) is 0. The normalized spacial score (nSPS) is 14.5. The quantitative estimate of drug-likeness (QED) is 0.306. The fourth-order valence-electron chi connectivity index (χ4n) is 5.12. The monoisotopic (exact) mass is 493 g/mol. The van der Waals surface area contributed by atoms with E-state index in [4.69, 9.17) is 4.74 Å². The Hall–Kier alpha value is -4.19. The van der Waals surface area contributed by atoms with Crippen LogP contribution in [-0.2, 0) is 29.7 Å². The molecule has 1 amide bonds. The molecule has 0 aliphatic heterocycles. The molecule has 0 bridgehead atoms. The molecule has 1 atom stereocenters. The first-order valence-corrected chi connectivity index (χ1v) is 12.7. The summed E-state index contributed by atoms with van der Waals surface area (Å²) >= 11 is 0. The van der Waals surface area contributed by atoms with Gasteiger partial charge in [-0.15, -0.1) is 0 Å². The molecule has 0 spiro atoms. The Balaban J connectivity index is 1.52. The molecule has 1 aliphatic rings. The molecule has 0 fully saturated rings. The number of nitrogens with one attached hydrogen (secondary N) is 1. The van der Waals surface area contributed by atoms with Crippen LogP contribution in [0.3, 0.4) is 0 Å². The molecule has 1 N–H and O–H groups in total. The Bertz CT molecular complexity index is 1380. The van der Waals surface area contributed by atoms with Crippen LogP contribution in [0.4, 0.5) is 5.69 Å². The molecule has 37 heavy (non-hydrogen) atoms. The summed E-state index contributed by atoms with van der Waals surface area (Å²) in [5.41, 5.74) is 5.14. The van der Waals surface area contributed by atoms with Gasteiger partial charge in [0, 0.05) is 42.7 Å². The number of carbonyl (C=O) groups excluding carboxylic acids is 2. The van der Waals surface area contributed by atoms with Crippen molar-refractivity contribution < 1.29 is 14.3 Å². The molecule has 1 aliphatic carbocycles. The standard InChI is InChI=1S/C31H31N3O3/c1-31(30-32-19-20-33-30,23-7-4-3-5-8-23)37-29-18-17-26-25(9-6-10-28(26)36)27(29)16-13-22-11-14-24(15-12-22)34(2)21-35/h3-5,7-8,11-12,14-15,17-21H,6,9-10,13,16H2,1-2H3,(H,32,33)/t31-/m0/s1. The van der Waals surface area contributed by atoms with Crippen LogP contribution >= 0.6 is 0 Å². The number of amides is 1. The van der Waals surface area contributed by atoms with Crippen molar-refractivity contribution in [1.82, 2.24) is 9.97 Å². The van der Waals surface area contributed by atoms with Gasteiger partial charge in [0.1, 0.15) is 5.75 Å². The third kappa shape index (κ3) is 4.92. The van der Waals surface area contributed by atoms with Gasteiger partial charge in [0.2, 0.25) is 6.41 Å². The van der Waals surface area contributed by atoms with E-state index in [1.54, 1.807) is 24.3 Å². The largest absolute Gasteiger partial charge is 0.475 e. The van der Waals surface area contributed by atoms with Gasteiger partial charge in [-0.1, -0.05) is 42.5 Å². The Morgan fingerprint density at radius 1 is 1.03 bits per heavy atom. The molecular formula is C31H31N3O3. The number of fused-ring (bicyclic) bond motifs is 1. The number of hydrogen-bond donors (Lipinski definition) is 1. The van der Waals surface area contributed by atoms with E-state index in [0.29, 0.717) is 12.2 Å². The molecule has 0 radical (unpaired) electrons. The van der Waals surface area contributed by atoms with Gasteiger partial charge in [-0.2, -0.15) is 0 Å². The van der Waals surface area contributed by atoms with Crippen molar-refractivity contribution in [2.45, 2.75) is 44.6 Å². The molecule has 6 heteroatoms. The number of anilines is 1. The number of hydrogen-bond acceptors (Lipinski definition) is 4. The van der Waals surface area contributed by atoms with Crippen molar-refractivity contribution in [3.63, 3.8) is 0 Å². The van der Waals surface area contributed by atoms with E-state index in [1.807, 2.05) is 73.7 Å². The minimum Gasteiger partial charge on any atom is -0.475 e. The van der Waals surface area contributed by atoms with Gasteiger partial charge in [0.05, 0.1) is 0 Å². The minimum atomic E-state index is -0.840. The zero-order valence-electron chi connectivity index (χ0n) is 21.2. The predicted octanol–water partition coefficient (Wildman–Crippen LogP) is 5.65. The average molecular weight is 494 g/mol. The van der Waals surface area contributed by atoms with E-state index < -0.39 is 5.60 Å². The van der Waals surface area contributed by atoms with E-state index in [9.17, 15) is 9.59 Å². The first-order valence-electron chi connectivity index (χ1n) is 12.7. The number of H-pyrrole nitrogens is 1. The zero-order valence-corrected chi connectivity index (χ0v) is 21.2. The van der Waals surface area contributed by atoms with Gasteiger partial charge in [0.25, 0.3) is 0 Å². The number of rotatable bonds is 9. The van der Waals surface area contributed by atoms with Crippen molar-refractivity contribution in [3.05, 3.63) is 113 Å². The Morgan fingerprint density at radius 3 is 2.51 bits per heavy atom. The second-order valence-electron chi connectivity index (χ2n) is 9.67. The van der Waals surface area contributed by atoms with Gasteiger partial charge >= 0.3 is 0 Å². The van der Waals surface area contributed by atoms with E-state index in [1.165, 1.54) is 0 Å². The lowest BCUT2D eigenvalue weighted by Crippen LogP contribution is -2.33. The number of benzene rings is 3. The molecule has 1 heterocycles. The van der Waals surface area contributed by atoms with Gasteiger partial charge in [-0.3, -0.25) is 9.59 Å². The van der Waals surface area contributed by atoms with Gasteiger partial charge in [0.15, 0.2) is 17.2 Å². The number of aryl methyl sites for hydroxylation is 1. The van der Waals surface area contributed by atoms with Crippen LogP contribution < -0.4 is 9.64 Å². The fraction of sp³-hybridized carbons (Fsp3) is 0.258. The molecular weight excluding hydrogens is 462 g/mol. The average Bonchev–Trinajstić information content (AvgIpc) is 3.49. The molecule has 0 saturated heterocycles. The SMILES string of the molecule is CN(C=O)c1ccc(CCc2c(O[C@@](C)(c3ccccc3)c3ncc[nH]3)ccc3c2CCCC3=O)cc1. The van der Waals surface area contributed by atoms with Crippen LogP contribution in [0.25, 0.3) is 0 Å². The fourth-order valence-corrected chi connectivity index (χ4v) is 5.12. The molecule has 188 valence electrons. The van der Waals surface area contributed by atoms with Crippen molar-refractivity contribution >= 4 is 17.9 Å². The van der Waals surface area contributed by atoms with E-state index >= 15 is 0 Å². The van der Waals surface area contributed by atoms with Crippen LogP contribution in [-0.4, -0.2) is 29.2 Å². The van der Waals surface area contributed by atoms with Crippen molar-refractivity contribution in [2.75, 3.05) is 11.9 Å². The van der Waals surface area contributed by atoms with Crippen LogP contribution in [0.15, 0.2) is 79.1 Å². The minimum absolute atomic E-state index is 0.201. The van der Waals surface area contributed by atoms with E-state index in [2.05, 4.69) is 9.97 Å². The van der Waals surface area contributed by atoms with Gasteiger partial charge in [-0.25, -0.2) is 4.98 Å². The summed E-state index contributed by atoms with van der Waals surface area (Å²) in [7, 11) is 1.74. The highest BCUT2D eigenvalue weighted by atomic mass is 16.5. The van der Waals surface area contributed by atoms with Crippen LogP contribution in [0.5, 0.6) is 5.75 Å². The number of nitrogens with zero attached hydrogens (tertiary/aromatic N) is 2. The molecule has 1 aromatic heterocycles. The second-order valence-corrected chi connectivity index (χ2v) is 9.67. The predicted molar refractivity (Wildman–Crippen MR) is 144 cm³/mol. The third-order valence-corrected chi connectivity index (χ3v) is 7.27. The molecule has 6 nitrogen and oxygen atoms in total. The van der Waals surface area contributed by atoms with Gasteiger partial charge < -0.3 is 14.6 Å². The highest BCUT2D eigenvalue weighted by molar-refractivity contribution is 5.99. The first kappa shape index (κ1) is 24.5. The molecule has 5 rings (SSSR count). The van der Waals surface area contributed by atoms with E-state index in [-0.39, 0.29) is 5.78 Å². The topological polar surface area (TPSA) is 75.3 Å². The Labute approximate surface area is 217 Å². The van der Waals surface area contributed by atoms with Crippen molar-refractivity contribution in [1.29, 1.82) is 0 Å². The Kier molecular flexibility index (Phi) is 6.91. The van der Waals surface area contributed by atoms with Crippen LogP contribution in [0.2, 0.25) is 0 Å². The third-order valence-electron chi connectivity index (χ3n) is 7.27. The van der Waals surface area contributed by atoms with Gasteiger partial charge in [-0.05, 0) is 73.6 Å². The summed E-state index contributed by atoms with van der Waals surface area (Å²) < 4.78 is 6.87. The van der Waals surface area contributed by atoms with Crippen LogP contribution in [0.1, 0.15) is 58.2 Å². The van der Waals surface area contributed by atoms with Crippen molar-refractivity contribution in [2.24, 2.45) is 0 Å². The number of aromatic amines is 1. The molecule has 0 unspecified atom stereocenters. The summed E-state index contributed by atoms with van der Waals surface area (Å²) in [6.45, 7) is 2.03. The highest BCUT2D eigenvalue weighted by Gasteiger charge is 2.35. The maximum Gasteiger partial charge on any atom is 0.213 e. The number of Topliss-reactive ketones (excluding diaryl/α,β-unsaturated/α-hetero) is 1. The van der Waals surface area contributed by atoms with E-state index in [0.717, 1.165) is 71.3 Å². The van der Waals surface area contributed by atoms with Crippen molar-refractivity contribution in [3.8, 4) is 5.75 Å². The summed E-state index contributed by atoms with van der Waals surface area (Å²) in [4.78, 5) is 33.2. The number of ether oxygens (including phenoxy) is 1. The number of carbonyl (C=O) groups is 2. The molecule has 4 aromatic rings. The molecule has 3 aromatic carbocycles. The molecule has 0 saturated carbocycles. The maximum atomic E-state index is 12.8. The highest BCUT2D eigenvalue weighted by Crippen LogP contribution is 2.38. The van der Waals surface area contributed by atoms with Crippen LogP contribution in [0, 0.1) is 0 Å².